The van der Waals surface area contributed by atoms with E-state index in [9.17, 15) is 19.5 Å². The highest BCUT2D eigenvalue weighted by atomic mass is 16.6. The molecule has 284 valence electrons. The number of aliphatic carboxylic acids is 1. The lowest BCUT2D eigenvalue weighted by Gasteiger charge is -2.31. The van der Waals surface area contributed by atoms with Gasteiger partial charge in [0.05, 0.1) is 34.4 Å². The molecule has 0 amide bonds. The van der Waals surface area contributed by atoms with E-state index >= 15 is 0 Å². The summed E-state index contributed by atoms with van der Waals surface area (Å²) >= 11 is 0. The molecule has 2 unspecified atom stereocenters. The SMILES string of the molecule is CC/C=C/C/C=C/C/C=C/C/C=C/C/C=C/CCCCCC(=O)OCC(COCCC(C(=O)O)[N+](C)(C)C)OC(=O)CC/C=C/CCCCC. The molecular weight excluding hydrogens is 630 g/mol. The number of hydrogen-bond donors (Lipinski definition) is 1. The molecule has 0 aliphatic rings. The summed E-state index contributed by atoms with van der Waals surface area (Å²) in [6.07, 6.45) is 39.8. The second-order valence-corrected chi connectivity index (χ2v) is 13.4. The Bertz CT molecular complexity index is 1050. The first-order valence-corrected chi connectivity index (χ1v) is 19.0. The molecule has 0 fully saturated rings. The maximum atomic E-state index is 12.5. The third kappa shape index (κ3) is 30.8. The molecule has 0 saturated carbocycles. The first-order chi connectivity index (χ1) is 24.1. The van der Waals surface area contributed by atoms with E-state index in [-0.39, 0.29) is 42.7 Å². The standard InChI is InChI=1S/C42H69NO7/c1-6-8-10-12-14-15-16-17-18-19-20-21-22-23-24-25-27-28-30-32-40(44)49-37-38(36-48-35-34-39(42(46)47)43(3,4)5)50-41(45)33-31-29-26-13-11-9-7-2/h8,10,14-15,17-18,20-21,23-24,26,29,38-39H,6-7,9,11-13,16,19,22,25,27-28,30-37H2,1-5H3/p+1/b10-8+,15-14+,18-17+,21-20+,24-23+,29-26+. The number of nitrogens with zero attached hydrogens (tertiary/aromatic N) is 1. The van der Waals surface area contributed by atoms with Crippen molar-refractivity contribution >= 4 is 17.9 Å². The molecule has 0 aromatic heterocycles. The number of esters is 2. The van der Waals surface area contributed by atoms with E-state index in [0.717, 1.165) is 70.6 Å². The van der Waals surface area contributed by atoms with Gasteiger partial charge in [-0.2, -0.15) is 0 Å². The molecule has 0 aromatic rings. The molecule has 0 aliphatic heterocycles. The summed E-state index contributed by atoms with van der Waals surface area (Å²) in [5, 5.41) is 9.56. The van der Waals surface area contributed by atoms with Gasteiger partial charge >= 0.3 is 17.9 Å². The summed E-state index contributed by atoms with van der Waals surface area (Å²) in [4.78, 5) is 36.6. The van der Waals surface area contributed by atoms with Crippen LogP contribution in [0.5, 0.6) is 0 Å². The van der Waals surface area contributed by atoms with Gasteiger partial charge in [0.25, 0.3) is 0 Å². The van der Waals surface area contributed by atoms with Crippen LogP contribution in [0.3, 0.4) is 0 Å². The average molecular weight is 701 g/mol. The second-order valence-electron chi connectivity index (χ2n) is 13.4. The summed E-state index contributed by atoms with van der Waals surface area (Å²) in [7, 11) is 5.48. The van der Waals surface area contributed by atoms with Gasteiger partial charge in [-0.25, -0.2) is 4.79 Å². The number of rotatable bonds is 32. The van der Waals surface area contributed by atoms with E-state index < -0.39 is 18.1 Å². The molecule has 0 bridgehead atoms. The van der Waals surface area contributed by atoms with Crippen LogP contribution in [-0.2, 0) is 28.6 Å². The Morgan fingerprint density at radius 1 is 0.620 bits per heavy atom. The number of likely N-dealkylation sites (N-methyl/N-ethyl adjacent to an activating group) is 1. The molecular formula is C42H70NO7+. The van der Waals surface area contributed by atoms with E-state index in [0.29, 0.717) is 19.3 Å². The zero-order valence-electron chi connectivity index (χ0n) is 32.1. The molecule has 0 aliphatic carbocycles. The summed E-state index contributed by atoms with van der Waals surface area (Å²) in [5.41, 5.74) is 0. The van der Waals surface area contributed by atoms with E-state index in [1.54, 1.807) is 0 Å². The number of carbonyl (C=O) groups excluding carboxylic acids is 2. The molecule has 0 radical (unpaired) electrons. The minimum atomic E-state index is -0.890. The van der Waals surface area contributed by atoms with Crippen LogP contribution in [0.1, 0.15) is 123 Å². The van der Waals surface area contributed by atoms with Crippen molar-refractivity contribution < 1.29 is 38.2 Å². The van der Waals surface area contributed by atoms with Crippen molar-refractivity contribution in [3.05, 3.63) is 72.9 Å². The van der Waals surface area contributed by atoms with Gasteiger partial charge in [-0.15, -0.1) is 0 Å². The third-order valence-corrected chi connectivity index (χ3v) is 7.85. The quantitative estimate of drug-likeness (QED) is 0.0323. The fourth-order valence-electron chi connectivity index (χ4n) is 4.90. The fraction of sp³-hybridized carbons (Fsp3) is 0.643. The first-order valence-electron chi connectivity index (χ1n) is 19.0. The lowest BCUT2D eigenvalue weighted by Crippen LogP contribution is -2.50. The number of quaternary nitrogens is 1. The predicted molar refractivity (Wildman–Crippen MR) is 206 cm³/mol. The number of unbranched alkanes of at least 4 members (excludes halogenated alkanes) is 6. The Hall–Kier alpha value is -3.23. The van der Waals surface area contributed by atoms with Gasteiger partial charge in [0.2, 0.25) is 0 Å². The molecule has 0 spiro atoms. The Kier molecular flexibility index (Phi) is 30.8. The zero-order chi connectivity index (χ0) is 37.1. The number of carboxylic acid groups (broad SMARTS) is 1. The Labute approximate surface area is 304 Å². The summed E-state index contributed by atoms with van der Waals surface area (Å²) in [5.74, 6) is -1.59. The fourth-order valence-corrected chi connectivity index (χ4v) is 4.90. The lowest BCUT2D eigenvalue weighted by atomic mass is 10.1. The van der Waals surface area contributed by atoms with E-state index in [2.05, 4.69) is 80.7 Å². The third-order valence-electron chi connectivity index (χ3n) is 7.85. The lowest BCUT2D eigenvalue weighted by molar-refractivity contribution is -0.887. The number of carbonyl (C=O) groups is 3. The van der Waals surface area contributed by atoms with Crippen LogP contribution in [0, 0.1) is 0 Å². The Morgan fingerprint density at radius 3 is 1.72 bits per heavy atom. The van der Waals surface area contributed by atoms with Gasteiger partial charge in [-0.3, -0.25) is 9.59 Å². The maximum absolute atomic E-state index is 12.5. The summed E-state index contributed by atoms with van der Waals surface area (Å²) < 4.78 is 17.0. The highest BCUT2D eigenvalue weighted by Gasteiger charge is 2.31. The molecule has 0 saturated heterocycles. The van der Waals surface area contributed by atoms with Gasteiger partial charge in [-0.1, -0.05) is 106 Å². The van der Waals surface area contributed by atoms with Crippen molar-refractivity contribution in [1.29, 1.82) is 0 Å². The van der Waals surface area contributed by atoms with Crippen molar-refractivity contribution in [2.45, 2.75) is 135 Å². The van der Waals surface area contributed by atoms with Gasteiger partial charge in [0.1, 0.15) is 6.61 Å². The average Bonchev–Trinajstić information content (AvgIpc) is 3.06. The topological polar surface area (TPSA) is 99.1 Å². The van der Waals surface area contributed by atoms with Crippen LogP contribution in [0.25, 0.3) is 0 Å². The van der Waals surface area contributed by atoms with E-state index in [1.807, 2.05) is 27.2 Å². The Morgan fingerprint density at radius 2 is 1.16 bits per heavy atom. The minimum Gasteiger partial charge on any atom is -0.477 e. The van der Waals surface area contributed by atoms with Gasteiger partial charge in [-0.05, 0) is 70.6 Å². The van der Waals surface area contributed by atoms with Crippen LogP contribution in [0.2, 0.25) is 0 Å². The van der Waals surface area contributed by atoms with Crippen LogP contribution in [-0.4, -0.2) is 80.6 Å². The van der Waals surface area contributed by atoms with Crippen molar-refractivity contribution in [2.75, 3.05) is 41.0 Å². The molecule has 0 heterocycles. The molecule has 0 rings (SSSR count). The number of allylic oxidation sites excluding steroid dienone is 12. The number of ether oxygens (including phenoxy) is 3. The van der Waals surface area contributed by atoms with Crippen molar-refractivity contribution in [3.8, 4) is 0 Å². The monoisotopic (exact) mass is 701 g/mol. The normalized spacial score (nSPS) is 13.9. The van der Waals surface area contributed by atoms with Crippen LogP contribution >= 0.6 is 0 Å². The van der Waals surface area contributed by atoms with Crippen molar-refractivity contribution in [3.63, 3.8) is 0 Å². The largest absolute Gasteiger partial charge is 0.477 e. The molecule has 1 N–H and O–H groups in total. The van der Waals surface area contributed by atoms with Crippen LogP contribution in [0.15, 0.2) is 72.9 Å². The molecule has 0 aromatic carbocycles. The van der Waals surface area contributed by atoms with E-state index in [1.165, 1.54) is 12.8 Å². The summed E-state index contributed by atoms with van der Waals surface area (Å²) in [6.45, 7) is 4.44. The number of hydrogen-bond acceptors (Lipinski definition) is 6. The van der Waals surface area contributed by atoms with E-state index in [4.69, 9.17) is 14.2 Å². The maximum Gasteiger partial charge on any atom is 0.362 e. The predicted octanol–water partition coefficient (Wildman–Crippen LogP) is 9.63. The molecule has 8 nitrogen and oxygen atoms in total. The van der Waals surface area contributed by atoms with Gasteiger partial charge < -0.3 is 23.8 Å². The summed E-state index contributed by atoms with van der Waals surface area (Å²) in [6, 6.07) is -0.626. The molecule has 8 heteroatoms. The second kappa shape index (κ2) is 32.9. The van der Waals surface area contributed by atoms with Gasteiger partial charge in [0.15, 0.2) is 12.1 Å². The van der Waals surface area contributed by atoms with Crippen LogP contribution in [0.4, 0.5) is 0 Å². The smallest absolute Gasteiger partial charge is 0.362 e. The highest BCUT2D eigenvalue weighted by molar-refractivity contribution is 5.72. The minimum absolute atomic E-state index is 0.0304. The molecule has 2 atom stereocenters. The highest BCUT2D eigenvalue weighted by Crippen LogP contribution is 2.11. The number of carboxylic acids is 1. The Balaban J connectivity index is 4.41. The molecule has 50 heavy (non-hydrogen) atoms. The first kappa shape index (κ1) is 46.8. The zero-order valence-corrected chi connectivity index (χ0v) is 32.1. The van der Waals surface area contributed by atoms with Crippen LogP contribution < -0.4 is 0 Å². The van der Waals surface area contributed by atoms with Crippen molar-refractivity contribution in [1.82, 2.24) is 0 Å². The van der Waals surface area contributed by atoms with Crippen molar-refractivity contribution in [2.24, 2.45) is 0 Å². The van der Waals surface area contributed by atoms with Gasteiger partial charge in [0, 0.05) is 19.3 Å².